The molecule has 0 bridgehead atoms. The summed E-state index contributed by atoms with van der Waals surface area (Å²) >= 11 is 11.9. The molecular formula is C17H18Cl2N2O4S. The van der Waals surface area contributed by atoms with E-state index in [1.54, 1.807) is 24.3 Å². The molecule has 2 aromatic rings. The first-order chi connectivity index (χ1) is 12.1. The number of nitrogens with zero attached hydrogens (tertiary/aromatic N) is 1. The number of hydrogen-bond donors (Lipinski definition) is 1. The first-order valence-corrected chi connectivity index (χ1v) is 10.1. The predicted octanol–water partition coefficient (Wildman–Crippen LogP) is 3.80. The quantitative estimate of drug-likeness (QED) is 0.776. The van der Waals surface area contributed by atoms with Crippen LogP contribution in [0.4, 0.5) is 11.4 Å². The number of benzene rings is 2. The summed E-state index contributed by atoms with van der Waals surface area (Å²) in [6.45, 7) is 1.48. The van der Waals surface area contributed by atoms with E-state index in [-0.39, 0.29) is 15.7 Å². The van der Waals surface area contributed by atoms with E-state index in [9.17, 15) is 13.2 Å². The fourth-order valence-electron chi connectivity index (χ4n) is 2.40. The largest absolute Gasteiger partial charge is 0.497 e. The van der Waals surface area contributed by atoms with Crippen LogP contribution in [0.15, 0.2) is 42.5 Å². The van der Waals surface area contributed by atoms with Gasteiger partial charge in [-0.3, -0.25) is 9.10 Å². The van der Waals surface area contributed by atoms with Crippen molar-refractivity contribution in [1.82, 2.24) is 0 Å². The van der Waals surface area contributed by atoms with E-state index in [0.29, 0.717) is 11.4 Å². The van der Waals surface area contributed by atoms with Crippen molar-refractivity contribution in [2.45, 2.75) is 13.0 Å². The molecule has 0 aliphatic heterocycles. The van der Waals surface area contributed by atoms with Crippen molar-refractivity contribution in [3.05, 3.63) is 52.5 Å². The molecule has 1 atom stereocenters. The van der Waals surface area contributed by atoms with Crippen molar-refractivity contribution in [2.24, 2.45) is 0 Å². The third-order valence-electron chi connectivity index (χ3n) is 3.55. The van der Waals surface area contributed by atoms with E-state index >= 15 is 0 Å². The number of amides is 1. The molecule has 0 heterocycles. The highest BCUT2D eigenvalue weighted by molar-refractivity contribution is 7.92. The lowest BCUT2D eigenvalue weighted by molar-refractivity contribution is -0.116. The second kappa shape index (κ2) is 8.16. The second-order valence-corrected chi connectivity index (χ2v) is 8.31. The van der Waals surface area contributed by atoms with E-state index in [2.05, 4.69) is 5.32 Å². The van der Waals surface area contributed by atoms with E-state index in [1.807, 2.05) is 0 Å². The van der Waals surface area contributed by atoms with Crippen molar-refractivity contribution < 1.29 is 17.9 Å². The number of hydrogen-bond acceptors (Lipinski definition) is 4. The summed E-state index contributed by atoms with van der Waals surface area (Å²) in [7, 11) is -2.23. The zero-order chi connectivity index (χ0) is 19.5. The van der Waals surface area contributed by atoms with Crippen LogP contribution in [-0.4, -0.2) is 33.7 Å². The number of methoxy groups -OCH3 is 1. The van der Waals surface area contributed by atoms with Gasteiger partial charge in [0.2, 0.25) is 15.9 Å². The van der Waals surface area contributed by atoms with Gasteiger partial charge in [0.1, 0.15) is 11.8 Å². The molecule has 9 heteroatoms. The van der Waals surface area contributed by atoms with Crippen molar-refractivity contribution in [2.75, 3.05) is 23.0 Å². The Kier molecular flexibility index (Phi) is 6.39. The third-order valence-corrected chi connectivity index (χ3v) is 5.23. The third kappa shape index (κ3) is 5.03. The summed E-state index contributed by atoms with van der Waals surface area (Å²) < 4.78 is 30.6. The Hall–Kier alpha value is -1.96. The second-order valence-electron chi connectivity index (χ2n) is 5.58. The highest BCUT2D eigenvalue weighted by Gasteiger charge is 2.29. The van der Waals surface area contributed by atoms with Crippen LogP contribution in [0.3, 0.4) is 0 Å². The monoisotopic (exact) mass is 416 g/mol. The van der Waals surface area contributed by atoms with Gasteiger partial charge in [-0.25, -0.2) is 8.42 Å². The molecule has 2 rings (SSSR count). The Morgan fingerprint density at radius 2 is 1.65 bits per heavy atom. The van der Waals surface area contributed by atoms with Gasteiger partial charge in [0.05, 0.1) is 19.1 Å². The molecule has 6 nitrogen and oxygen atoms in total. The minimum Gasteiger partial charge on any atom is -0.497 e. The maximum absolute atomic E-state index is 12.6. The van der Waals surface area contributed by atoms with E-state index < -0.39 is 22.0 Å². The van der Waals surface area contributed by atoms with Crippen molar-refractivity contribution in [3.63, 3.8) is 0 Å². The maximum atomic E-state index is 12.6. The van der Waals surface area contributed by atoms with Crippen LogP contribution >= 0.6 is 23.2 Å². The number of ether oxygens (including phenoxy) is 1. The van der Waals surface area contributed by atoms with E-state index in [4.69, 9.17) is 27.9 Å². The van der Waals surface area contributed by atoms with Crippen molar-refractivity contribution in [1.29, 1.82) is 0 Å². The Morgan fingerprint density at radius 1 is 1.12 bits per heavy atom. The Bertz CT molecular complexity index is 881. The number of carbonyl (C=O) groups is 1. The Balaban J connectivity index is 2.31. The van der Waals surface area contributed by atoms with Gasteiger partial charge in [-0.15, -0.1) is 0 Å². The van der Waals surface area contributed by atoms with Gasteiger partial charge in [0.15, 0.2) is 0 Å². The number of nitrogens with one attached hydrogen (secondary N) is 1. The molecule has 0 saturated carbocycles. The minimum absolute atomic E-state index is 0.211. The van der Waals surface area contributed by atoms with Crippen LogP contribution in [0.5, 0.6) is 5.75 Å². The smallest absolute Gasteiger partial charge is 0.247 e. The van der Waals surface area contributed by atoms with Gasteiger partial charge in [0.25, 0.3) is 0 Å². The Morgan fingerprint density at radius 3 is 2.12 bits per heavy atom. The topological polar surface area (TPSA) is 75.7 Å². The molecule has 2 aromatic carbocycles. The molecule has 26 heavy (non-hydrogen) atoms. The van der Waals surface area contributed by atoms with Crippen LogP contribution in [-0.2, 0) is 14.8 Å². The van der Waals surface area contributed by atoms with Gasteiger partial charge >= 0.3 is 0 Å². The first-order valence-electron chi connectivity index (χ1n) is 7.52. The maximum Gasteiger partial charge on any atom is 0.247 e. The van der Waals surface area contributed by atoms with Gasteiger partial charge in [-0.2, -0.15) is 0 Å². The Labute approximate surface area is 162 Å². The summed E-state index contributed by atoms with van der Waals surface area (Å²) in [5.41, 5.74) is 0.725. The van der Waals surface area contributed by atoms with E-state index in [0.717, 1.165) is 10.6 Å². The molecule has 0 aromatic heterocycles. The summed E-state index contributed by atoms with van der Waals surface area (Å²) in [5, 5.41) is 3.21. The molecular weight excluding hydrogens is 399 g/mol. The fourth-order valence-corrected chi connectivity index (χ4v) is 4.07. The van der Waals surface area contributed by atoms with Crippen LogP contribution < -0.4 is 14.4 Å². The average Bonchev–Trinajstić information content (AvgIpc) is 2.53. The van der Waals surface area contributed by atoms with Gasteiger partial charge in [0, 0.05) is 15.7 Å². The molecule has 0 aliphatic rings. The van der Waals surface area contributed by atoms with Crippen LogP contribution in [0.2, 0.25) is 10.0 Å². The van der Waals surface area contributed by atoms with Crippen LogP contribution in [0, 0.1) is 0 Å². The molecule has 0 spiro atoms. The molecule has 0 saturated heterocycles. The number of halogens is 2. The highest BCUT2D eigenvalue weighted by Crippen LogP contribution is 2.29. The summed E-state index contributed by atoms with van der Waals surface area (Å²) in [4.78, 5) is 12.6. The minimum atomic E-state index is -3.76. The van der Waals surface area contributed by atoms with Crippen molar-refractivity contribution >= 4 is 50.5 Å². The van der Waals surface area contributed by atoms with Gasteiger partial charge in [-0.05, 0) is 49.4 Å². The molecule has 1 N–H and O–H groups in total. The normalized spacial score (nSPS) is 12.3. The van der Waals surface area contributed by atoms with Crippen LogP contribution in [0.1, 0.15) is 6.92 Å². The highest BCUT2D eigenvalue weighted by atomic mass is 35.5. The molecule has 1 amide bonds. The van der Waals surface area contributed by atoms with Crippen LogP contribution in [0.25, 0.3) is 0 Å². The predicted molar refractivity (Wildman–Crippen MR) is 105 cm³/mol. The standard InChI is InChI=1S/C17H18Cl2N2O4S/c1-11(17(22)20-14-4-6-16(25-2)7-5-14)21(26(3,23)24)15-9-12(18)8-13(19)10-15/h4-11H,1-3H3,(H,20,22). The van der Waals surface area contributed by atoms with Gasteiger partial charge < -0.3 is 10.1 Å². The first kappa shape index (κ1) is 20.4. The lowest BCUT2D eigenvalue weighted by Crippen LogP contribution is -2.45. The molecule has 140 valence electrons. The molecule has 0 fully saturated rings. The average molecular weight is 417 g/mol. The molecule has 0 radical (unpaired) electrons. The zero-order valence-corrected chi connectivity index (χ0v) is 16.7. The number of anilines is 2. The lowest BCUT2D eigenvalue weighted by Gasteiger charge is -2.28. The van der Waals surface area contributed by atoms with E-state index in [1.165, 1.54) is 32.2 Å². The summed E-state index contributed by atoms with van der Waals surface area (Å²) in [6, 6.07) is 10.0. The number of rotatable bonds is 6. The van der Waals surface area contributed by atoms with Crippen molar-refractivity contribution in [3.8, 4) is 5.75 Å². The fraction of sp³-hybridized carbons (Fsp3) is 0.235. The number of sulfonamides is 1. The molecule has 1 unspecified atom stereocenters. The summed E-state index contributed by atoms with van der Waals surface area (Å²) in [6.07, 6.45) is 1.01. The number of carbonyl (C=O) groups excluding carboxylic acids is 1. The molecule has 0 aliphatic carbocycles. The zero-order valence-electron chi connectivity index (χ0n) is 14.4. The lowest BCUT2D eigenvalue weighted by atomic mass is 10.2. The summed E-state index contributed by atoms with van der Waals surface area (Å²) in [5.74, 6) is 0.138. The SMILES string of the molecule is COc1ccc(NC(=O)C(C)N(c2cc(Cl)cc(Cl)c2)S(C)(=O)=O)cc1. The van der Waals surface area contributed by atoms with Gasteiger partial charge in [-0.1, -0.05) is 23.2 Å².